The first-order chi connectivity index (χ1) is 5.79. The number of rotatable bonds is 6. The summed E-state index contributed by atoms with van der Waals surface area (Å²) in [5.74, 6) is 1.74. The Morgan fingerprint density at radius 1 is 1.67 bits per heavy atom. The van der Waals surface area contributed by atoms with Crippen molar-refractivity contribution in [2.75, 3.05) is 7.05 Å². The van der Waals surface area contributed by atoms with Gasteiger partial charge in [0, 0.05) is 0 Å². The average Bonchev–Trinajstić information content (AvgIpc) is 2.11. The zero-order valence-electron chi connectivity index (χ0n) is 7.72. The first-order valence-electron chi connectivity index (χ1n) is 4.03. The van der Waals surface area contributed by atoms with E-state index in [2.05, 4.69) is 33.0 Å². The van der Waals surface area contributed by atoms with Gasteiger partial charge in [0.05, 0.1) is 6.17 Å². The Kier molecular flexibility index (Phi) is 6.97. The van der Waals surface area contributed by atoms with E-state index in [1.807, 2.05) is 13.1 Å². The lowest BCUT2D eigenvalue weighted by atomic mass is 10.1. The molecule has 2 N–H and O–H groups in total. The van der Waals surface area contributed by atoms with Crippen LogP contribution >= 0.6 is 8.86 Å². The van der Waals surface area contributed by atoms with Crippen molar-refractivity contribution in [3.8, 4) is 0 Å². The number of likely N-dealkylation sites (N-methyl/N-ethyl adjacent to an activating group) is 1. The fourth-order valence-corrected chi connectivity index (χ4v) is 1.20. The lowest BCUT2D eigenvalue weighted by Gasteiger charge is -2.17. The Bertz CT molecular complexity index is 175. The van der Waals surface area contributed by atoms with Gasteiger partial charge in [0.15, 0.2) is 0 Å². The zero-order chi connectivity index (χ0) is 9.40. The van der Waals surface area contributed by atoms with Gasteiger partial charge in [-0.1, -0.05) is 25.7 Å². The van der Waals surface area contributed by atoms with E-state index < -0.39 is 0 Å². The van der Waals surface area contributed by atoms with Gasteiger partial charge in [0.2, 0.25) is 0 Å². The average molecular weight is 184 g/mol. The lowest BCUT2D eigenvalue weighted by molar-refractivity contribution is 0.595. The van der Waals surface area contributed by atoms with E-state index in [1.165, 1.54) is 5.57 Å². The van der Waals surface area contributed by atoms with Crippen LogP contribution in [0.2, 0.25) is 0 Å². The molecular weight excluding hydrogens is 167 g/mol. The molecule has 0 fully saturated rings. The van der Waals surface area contributed by atoms with Crippen molar-refractivity contribution < 1.29 is 0 Å². The molecule has 2 nitrogen and oxygen atoms in total. The molecule has 0 aromatic carbocycles. The maximum absolute atomic E-state index is 3.67. The van der Waals surface area contributed by atoms with Crippen molar-refractivity contribution in [2.24, 2.45) is 0 Å². The Balaban J connectivity index is 4.31. The molecule has 0 saturated heterocycles. The summed E-state index contributed by atoms with van der Waals surface area (Å²) in [6, 6.07) is 0. The third-order valence-electron chi connectivity index (χ3n) is 1.65. The molecule has 0 radical (unpaired) electrons. The molecule has 0 aliphatic carbocycles. The van der Waals surface area contributed by atoms with Crippen LogP contribution in [-0.4, -0.2) is 19.1 Å². The van der Waals surface area contributed by atoms with Crippen LogP contribution in [0.5, 0.6) is 0 Å². The minimum absolute atomic E-state index is 0.186. The Morgan fingerprint density at radius 3 is 2.67 bits per heavy atom. The molecule has 68 valence electrons. The molecular formula is C9H17N2P. The van der Waals surface area contributed by atoms with E-state index in [1.54, 1.807) is 12.0 Å². The first kappa shape index (κ1) is 11.6. The molecule has 0 aliphatic heterocycles. The number of nitrogens with one attached hydrogen (secondary N) is 2. The molecule has 0 amide bonds. The summed E-state index contributed by atoms with van der Waals surface area (Å²) in [6.45, 7) is 5.79. The summed E-state index contributed by atoms with van der Waals surface area (Å²) in [5, 5.41) is 6.28. The summed E-state index contributed by atoms with van der Waals surface area (Å²) in [7, 11) is 5.17. The Labute approximate surface area is 77.0 Å². The molecule has 0 rings (SSSR count). The van der Waals surface area contributed by atoms with Gasteiger partial charge in [0.1, 0.15) is 0 Å². The van der Waals surface area contributed by atoms with Gasteiger partial charge in [0.25, 0.3) is 0 Å². The van der Waals surface area contributed by atoms with Crippen LogP contribution in [0.4, 0.5) is 0 Å². The second kappa shape index (κ2) is 7.23. The van der Waals surface area contributed by atoms with E-state index in [9.17, 15) is 0 Å². The third-order valence-corrected chi connectivity index (χ3v) is 1.82. The van der Waals surface area contributed by atoms with Crippen molar-refractivity contribution in [1.82, 2.24) is 10.6 Å². The third kappa shape index (κ3) is 3.82. The van der Waals surface area contributed by atoms with Crippen molar-refractivity contribution >= 4 is 14.8 Å². The van der Waals surface area contributed by atoms with Crippen molar-refractivity contribution in [1.29, 1.82) is 0 Å². The lowest BCUT2D eigenvalue weighted by Crippen LogP contribution is -2.40. The van der Waals surface area contributed by atoms with Gasteiger partial charge in [-0.05, 0) is 25.0 Å². The molecule has 0 saturated carbocycles. The molecule has 1 unspecified atom stereocenters. The maximum Gasteiger partial charge on any atom is 0.0833 e. The molecule has 3 heteroatoms. The largest absolute Gasteiger partial charge is 0.301 e. The zero-order valence-corrected chi connectivity index (χ0v) is 8.72. The monoisotopic (exact) mass is 184 g/mol. The molecule has 0 aromatic heterocycles. The molecule has 12 heavy (non-hydrogen) atoms. The topological polar surface area (TPSA) is 24.1 Å². The highest BCUT2D eigenvalue weighted by atomic mass is 31.0. The maximum atomic E-state index is 3.67. The van der Waals surface area contributed by atoms with E-state index in [0.29, 0.717) is 0 Å². The van der Waals surface area contributed by atoms with Crippen molar-refractivity contribution in [2.45, 2.75) is 19.5 Å². The molecule has 0 spiro atoms. The molecule has 1 atom stereocenters. The summed E-state index contributed by atoms with van der Waals surface area (Å²) in [5.41, 5.74) is 1.28. The Morgan fingerprint density at radius 2 is 2.33 bits per heavy atom. The van der Waals surface area contributed by atoms with Gasteiger partial charge in [-0.25, -0.2) is 0 Å². The van der Waals surface area contributed by atoms with Gasteiger partial charge < -0.3 is 5.32 Å². The van der Waals surface area contributed by atoms with E-state index in [4.69, 9.17) is 0 Å². The second-order valence-corrected chi connectivity index (χ2v) is 2.65. The summed E-state index contributed by atoms with van der Waals surface area (Å²) in [6.07, 6.45) is 5.01. The second-order valence-electron chi connectivity index (χ2n) is 2.36. The van der Waals surface area contributed by atoms with E-state index in [0.717, 1.165) is 6.42 Å². The molecule has 0 aliphatic rings. The van der Waals surface area contributed by atoms with Gasteiger partial charge >= 0.3 is 0 Å². The minimum atomic E-state index is 0.186. The molecule has 0 aromatic rings. The number of hydrogen-bond donors (Lipinski definition) is 2. The highest BCUT2D eigenvalue weighted by Crippen LogP contribution is 2.04. The fourth-order valence-electron chi connectivity index (χ4n) is 1.03. The van der Waals surface area contributed by atoms with Crippen LogP contribution in [-0.2, 0) is 0 Å². The van der Waals surface area contributed by atoms with Gasteiger partial charge in [-0.2, -0.15) is 0 Å². The van der Waals surface area contributed by atoms with Gasteiger partial charge in [-0.3, -0.25) is 5.32 Å². The quantitative estimate of drug-likeness (QED) is 0.372. The van der Waals surface area contributed by atoms with Crippen LogP contribution in [0.3, 0.4) is 0 Å². The fraction of sp³-hybridized carbons (Fsp3) is 0.444. The molecule has 0 bridgehead atoms. The highest BCUT2D eigenvalue weighted by Gasteiger charge is 2.06. The summed E-state index contributed by atoms with van der Waals surface area (Å²) in [4.78, 5) is 0. The van der Waals surface area contributed by atoms with Crippen molar-refractivity contribution in [3.63, 3.8) is 0 Å². The van der Waals surface area contributed by atoms with Crippen LogP contribution in [0.25, 0.3) is 0 Å². The van der Waals surface area contributed by atoms with Crippen LogP contribution < -0.4 is 10.6 Å². The predicted molar refractivity (Wildman–Crippen MR) is 58.9 cm³/mol. The van der Waals surface area contributed by atoms with Crippen LogP contribution in [0.15, 0.2) is 24.3 Å². The predicted octanol–water partition coefficient (Wildman–Crippen LogP) is 1.55. The Hall–Kier alpha value is -0.430. The standard InChI is InChI=1S/C9H17N2P/c1-4-6-8(5-2)9(10-3)11-7-12/h4,6-7,9-12H,1,5H2,2-3H3/b8-6-. The SMILES string of the molecule is C=C/C=C(/CC)C(NC)NC=P. The number of allylic oxidation sites excluding steroid dienone is 2. The summed E-state index contributed by atoms with van der Waals surface area (Å²) < 4.78 is 0. The van der Waals surface area contributed by atoms with Crippen molar-refractivity contribution in [3.05, 3.63) is 24.3 Å². The van der Waals surface area contributed by atoms with E-state index >= 15 is 0 Å². The summed E-state index contributed by atoms with van der Waals surface area (Å²) >= 11 is 0. The normalized spacial score (nSPS) is 14.0. The van der Waals surface area contributed by atoms with Crippen LogP contribution in [0, 0.1) is 0 Å². The minimum Gasteiger partial charge on any atom is -0.301 e. The highest BCUT2D eigenvalue weighted by molar-refractivity contribution is 7.18. The smallest absolute Gasteiger partial charge is 0.0833 e. The number of hydrogen-bond acceptors (Lipinski definition) is 1. The first-order valence-corrected chi connectivity index (χ1v) is 4.61. The van der Waals surface area contributed by atoms with Crippen LogP contribution in [0.1, 0.15) is 13.3 Å². The van der Waals surface area contributed by atoms with E-state index in [-0.39, 0.29) is 6.17 Å². The van der Waals surface area contributed by atoms with Gasteiger partial charge in [-0.15, -0.1) is 8.86 Å². The molecule has 0 heterocycles.